The average Bonchev–Trinajstić information content (AvgIpc) is 2.88. The fourth-order valence-corrected chi connectivity index (χ4v) is 4.00. The van der Waals surface area contributed by atoms with Gasteiger partial charge in [-0.2, -0.15) is 0 Å². The van der Waals surface area contributed by atoms with Crippen LogP contribution < -0.4 is 0 Å². The molecular weight excluding hydrogens is 319 g/mol. The molecule has 1 aromatic carbocycles. The van der Waals surface area contributed by atoms with E-state index in [4.69, 9.17) is 0 Å². The van der Waals surface area contributed by atoms with Crippen LogP contribution in [0.15, 0.2) is 24.3 Å². The molecule has 0 aliphatic carbocycles. The topological polar surface area (TPSA) is 40.6 Å². The molecule has 4 nitrogen and oxygen atoms in total. The molecule has 1 aromatic rings. The quantitative estimate of drug-likeness (QED) is 0.839. The van der Waals surface area contributed by atoms with E-state index in [1.54, 1.807) is 12.1 Å². The summed E-state index contributed by atoms with van der Waals surface area (Å²) in [5.41, 5.74) is 0.991. The third-order valence-corrected chi connectivity index (χ3v) is 5.52. The first kappa shape index (κ1) is 17.9. The summed E-state index contributed by atoms with van der Waals surface area (Å²) < 4.78 is 13.0. The summed E-state index contributed by atoms with van der Waals surface area (Å²) >= 11 is 0. The number of likely N-dealkylation sites (tertiary alicyclic amines) is 2. The highest BCUT2D eigenvalue weighted by Gasteiger charge is 2.30. The van der Waals surface area contributed by atoms with E-state index in [0.717, 1.165) is 50.9 Å². The Hall–Kier alpha value is -1.91. The summed E-state index contributed by atoms with van der Waals surface area (Å²) in [5, 5.41) is 0. The van der Waals surface area contributed by atoms with E-state index in [9.17, 15) is 14.0 Å². The van der Waals surface area contributed by atoms with Gasteiger partial charge in [0.2, 0.25) is 11.8 Å². The zero-order valence-electron chi connectivity index (χ0n) is 14.9. The minimum Gasteiger partial charge on any atom is -0.343 e. The lowest BCUT2D eigenvalue weighted by atomic mass is 9.97. The Morgan fingerprint density at radius 2 is 1.92 bits per heavy atom. The Kier molecular flexibility index (Phi) is 5.71. The second-order valence-electron chi connectivity index (χ2n) is 7.31. The van der Waals surface area contributed by atoms with Crippen LogP contribution in [0.5, 0.6) is 0 Å². The third kappa shape index (κ3) is 4.39. The second kappa shape index (κ2) is 7.98. The van der Waals surface area contributed by atoms with Crippen LogP contribution in [0.1, 0.15) is 56.9 Å². The van der Waals surface area contributed by atoms with Crippen molar-refractivity contribution in [1.82, 2.24) is 9.80 Å². The van der Waals surface area contributed by atoms with Crippen molar-refractivity contribution in [1.29, 1.82) is 0 Å². The lowest BCUT2D eigenvalue weighted by Crippen LogP contribution is -2.38. The summed E-state index contributed by atoms with van der Waals surface area (Å²) in [7, 11) is 0. The SMILES string of the molecule is C[C@H](CC(=O)N1CCC[C@H](N2CCCC2=O)CC1)c1ccc(F)cc1. The van der Waals surface area contributed by atoms with Gasteiger partial charge in [-0.1, -0.05) is 19.1 Å². The molecule has 136 valence electrons. The van der Waals surface area contributed by atoms with Crippen molar-refractivity contribution in [2.24, 2.45) is 0 Å². The van der Waals surface area contributed by atoms with Gasteiger partial charge in [-0.05, 0) is 49.3 Å². The van der Waals surface area contributed by atoms with Gasteiger partial charge in [-0.15, -0.1) is 0 Å². The van der Waals surface area contributed by atoms with Gasteiger partial charge in [0, 0.05) is 38.5 Å². The van der Waals surface area contributed by atoms with Gasteiger partial charge >= 0.3 is 0 Å². The van der Waals surface area contributed by atoms with Gasteiger partial charge in [0.25, 0.3) is 0 Å². The van der Waals surface area contributed by atoms with Crippen molar-refractivity contribution >= 4 is 11.8 Å². The normalized spacial score (nSPS) is 22.8. The fraction of sp³-hybridized carbons (Fsp3) is 0.600. The van der Waals surface area contributed by atoms with Gasteiger partial charge in [0.15, 0.2) is 0 Å². The van der Waals surface area contributed by atoms with Crippen molar-refractivity contribution in [2.75, 3.05) is 19.6 Å². The first-order chi connectivity index (χ1) is 12.0. The number of hydrogen-bond acceptors (Lipinski definition) is 2. The van der Waals surface area contributed by atoms with Crippen LogP contribution >= 0.6 is 0 Å². The molecule has 5 heteroatoms. The number of carbonyl (C=O) groups excluding carboxylic acids is 2. The molecule has 25 heavy (non-hydrogen) atoms. The standard InChI is InChI=1S/C20H27FN2O2/c1-15(16-6-8-17(21)9-7-16)14-20(25)22-11-2-4-18(10-13-22)23-12-3-5-19(23)24/h6-9,15,18H,2-5,10-14H2,1H3/t15-,18+/m1/s1. The molecule has 2 aliphatic rings. The van der Waals surface area contributed by atoms with Crippen LogP contribution in [0.3, 0.4) is 0 Å². The molecule has 0 unspecified atom stereocenters. The van der Waals surface area contributed by atoms with Crippen molar-refractivity contribution in [3.63, 3.8) is 0 Å². The zero-order valence-corrected chi connectivity index (χ0v) is 14.9. The molecule has 0 radical (unpaired) electrons. The number of carbonyl (C=O) groups is 2. The number of rotatable bonds is 4. The van der Waals surface area contributed by atoms with E-state index < -0.39 is 0 Å². The Balaban J connectivity index is 1.54. The molecule has 0 spiro atoms. The van der Waals surface area contributed by atoms with E-state index in [2.05, 4.69) is 0 Å². The minimum atomic E-state index is -0.253. The van der Waals surface area contributed by atoms with Crippen LogP contribution in [0.2, 0.25) is 0 Å². The van der Waals surface area contributed by atoms with Crippen molar-refractivity contribution in [2.45, 2.75) is 57.4 Å². The van der Waals surface area contributed by atoms with Crippen molar-refractivity contribution < 1.29 is 14.0 Å². The van der Waals surface area contributed by atoms with Crippen LogP contribution in [0.4, 0.5) is 4.39 Å². The largest absolute Gasteiger partial charge is 0.343 e. The Labute approximate surface area is 149 Å². The lowest BCUT2D eigenvalue weighted by molar-refractivity contribution is -0.131. The maximum Gasteiger partial charge on any atom is 0.223 e. The molecule has 2 atom stereocenters. The Morgan fingerprint density at radius 1 is 1.16 bits per heavy atom. The highest BCUT2D eigenvalue weighted by Crippen LogP contribution is 2.24. The number of benzene rings is 1. The maximum atomic E-state index is 13.0. The van der Waals surface area contributed by atoms with Gasteiger partial charge in [-0.25, -0.2) is 4.39 Å². The zero-order chi connectivity index (χ0) is 17.8. The number of nitrogens with zero attached hydrogens (tertiary/aromatic N) is 2. The lowest BCUT2D eigenvalue weighted by Gasteiger charge is -2.27. The van der Waals surface area contributed by atoms with Crippen LogP contribution in [-0.4, -0.2) is 47.3 Å². The summed E-state index contributed by atoms with van der Waals surface area (Å²) in [4.78, 5) is 28.6. The predicted molar refractivity (Wildman–Crippen MR) is 94.6 cm³/mol. The average molecular weight is 346 g/mol. The highest BCUT2D eigenvalue weighted by atomic mass is 19.1. The van der Waals surface area contributed by atoms with E-state index in [-0.39, 0.29) is 23.5 Å². The number of halogens is 1. The predicted octanol–water partition coefficient (Wildman–Crippen LogP) is 3.32. The monoisotopic (exact) mass is 346 g/mol. The second-order valence-corrected chi connectivity index (χ2v) is 7.31. The number of amides is 2. The van der Waals surface area contributed by atoms with E-state index >= 15 is 0 Å². The molecular formula is C20H27FN2O2. The first-order valence-corrected chi connectivity index (χ1v) is 9.37. The molecule has 2 saturated heterocycles. The van der Waals surface area contributed by atoms with Crippen LogP contribution in [0.25, 0.3) is 0 Å². The first-order valence-electron chi connectivity index (χ1n) is 9.37. The van der Waals surface area contributed by atoms with E-state index in [1.807, 2.05) is 16.7 Å². The summed E-state index contributed by atoms with van der Waals surface area (Å²) in [6.45, 7) is 4.38. The molecule has 2 aliphatic heterocycles. The molecule has 0 bridgehead atoms. The molecule has 2 fully saturated rings. The highest BCUT2D eigenvalue weighted by molar-refractivity contribution is 5.78. The van der Waals surface area contributed by atoms with Gasteiger partial charge < -0.3 is 9.80 Å². The van der Waals surface area contributed by atoms with Gasteiger partial charge in [-0.3, -0.25) is 9.59 Å². The minimum absolute atomic E-state index is 0.0762. The molecule has 3 rings (SSSR count). The van der Waals surface area contributed by atoms with E-state index in [0.29, 0.717) is 18.9 Å². The Bertz CT molecular complexity index is 617. The molecule has 2 heterocycles. The van der Waals surface area contributed by atoms with Crippen LogP contribution in [0, 0.1) is 5.82 Å². The number of hydrogen-bond donors (Lipinski definition) is 0. The third-order valence-electron chi connectivity index (χ3n) is 5.52. The fourth-order valence-electron chi connectivity index (χ4n) is 4.00. The molecule has 0 saturated carbocycles. The van der Waals surface area contributed by atoms with Gasteiger partial charge in [0.1, 0.15) is 5.82 Å². The molecule has 2 amide bonds. The van der Waals surface area contributed by atoms with Crippen LogP contribution in [-0.2, 0) is 9.59 Å². The van der Waals surface area contributed by atoms with E-state index in [1.165, 1.54) is 12.1 Å². The summed E-state index contributed by atoms with van der Waals surface area (Å²) in [6, 6.07) is 6.69. The van der Waals surface area contributed by atoms with Crippen molar-refractivity contribution in [3.05, 3.63) is 35.6 Å². The summed E-state index contributed by atoms with van der Waals surface area (Å²) in [6.07, 6.45) is 4.90. The molecule has 0 aromatic heterocycles. The smallest absolute Gasteiger partial charge is 0.223 e. The summed E-state index contributed by atoms with van der Waals surface area (Å²) in [5.74, 6) is 0.254. The Morgan fingerprint density at radius 3 is 2.60 bits per heavy atom. The van der Waals surface area contributed by atoms with Crippen molar-refractivity contribution in [3.8, 4) is 0 Å². The molecule has 0 N–H and O–H groups in total. The van der Waals surface area contributed by atoms with Gasteiger partial charge in [0.05, 0.1) is 0 Å². The maximum absolute atomic E-state index is 13.0.